The summed E-state index contributed by atoms with van der Waals surface area (Å²) in [6.45, 7) is 9.70. The highest BCUT2D eigenvalue weighted by Crippen LogP contribution is 2.28. The third-order valence-corrected chi connectivity index (χ3v) is 7.43. The Bertz CT molecular complexity index is 1300. The van der Waals surface area contributed by atoms with Gasteiger partial charge < -0.3 is 29.3 Å². The zero-order valence-corrected chi connectivity index (χ0v) is 26.0. The quantitative estimate of drug-likeness (QED) is 0.423. The van der Waals surface area contributed by atoms with Gasteiger partial charge in [-0.15, -0.1) is 0 Å². The van der Waals surface area contributed by atoms with Crippen LogP contribution in [-0.2, 0) is 23.8 Å². The Labute approximate surface area is 258 Å². The fourth-order valence-corrected chi connectivity index (χ4v) is 5.19. The van der Waals surface area contributed by atoms with Crippen LogP contribution >= 0.6 is 0 Å². The van der Waals surface area contributed by atoms with Crippen LogP contribution in [0.5, 0.6) is 0 Å². The van der Waals surface area contributed by atoms with Gasteiger partial charge in [0.1, 0.15) is 17.3 Å². The maximum atomic E-state index is 13.8. The maximum absolute atomic E-state index is 13.8. The zero-order valence-electron chi connectivity index (χ0n) is 26.0. The van der Waals surface area contributed by atoms with Crippen LogP contribution in [-0.4, -0.2) is 101 Å². The van der Waals surface area contributed by atoms with Gasteiger partial charge in [-0.25, -0.2) is 14.8 Å². The molecule has 1 aromatic heterocycles. The van der Waals surface area contributed by atoms with E-state index in [0.717, 1.165) is 24.1 Å². The minimum atomic E-state index is -1.01. The largest absolute Gasteiger partial charge is 0.460 e. The van der Waals surface area contributed by atoms with E-state index in [2.05, 4.69) is 10.3 Å². The van der Waals surface area contributed by atoms with Crippen molar-refractivity contribution in [2.45, 2.75) is 70.9 Å². The summed E-state index contributed by atoms with van der Waals surface area (Å²) in [6, 6.07) is 10.1. The van der Waals surface area contributed by atoms with Crippen LogP contribution < -0.4 is 5.32 Å². The van der Waals surface area contributed by atoms with Gasteiger partial charge in [-0.3, -0.25) is 14.4 Å². The van der Waals surface area contributed by atoms with Gasteiger partial charge in [0.05, 0.1) is 6.61 Å². The summed E-state index contributed by atoms with van der Waals surface area (Å²) in [5.74, 6) is -0.808. The van der Waals surface area contributed by atoms with E-state index in [1.54, 1.807) is 43.6 Å². The highest BCUT2D eigenvalue weighted by Gasteiger charge is 2.32. The second-order valence-electron chi connectivity index (χ2n) is 11.9. The number of amides is 3. The van der Waals surface area contributed by atoms with Gasteiger partial charge in [-0.2, -0.15) is 0 Å². The number of ether oxygens (including phenoxy) is 3. The Balaban J connectivity index is 1.56. The highest BCUT2D eigenvalue weighted by molar-refractivity contribution is 5.96. The SMILES string of the molecule is CCOC(=O)N1CCN(C(=O)[C@H](CCC(=O)OC(C)(C)C)NC(=O)c2cc(C3CCOCC3)nc(-c3ccccc3)n2)CC1. The predicted octanol–water partition coefficient (Wildman–Crippen LogP) is 3.56. The first-order valence-corrected chi connectivity index (χ1v) is 15.3. The van der Waals surface area contributed by atoms with Crippen molar-refractivity contribution in [3.8, 4) is 11.4 Å². The molecule has 0 spiro atoms. The molecular formula is C32H43N5O7. The minimum absolute atomic E-state index is 0.0427. The predicted molar refractivity (Wildman–Crippen MR) is 162 cm³/mol. The Morgan fingerprint density at radius 2 is 1.66 bits per heavy atom. The molecule has 2 aromatic rings. The number of hydrogen-bond acceptors (Lipinski definition) is 9. The van der Waals surface area contributed by atoms with E-state index in [1.165, 1.54) is 0 Å². The molecule has 0 radical (unpaired) electrons. The van der Waals surface area contributed by atoms with Crippen LogP contribution in [0.1, 0.15) is 75.5 Å². The summed E-state index contributed by atoms with van der Waals surface area (Å²) in [5.41, 5.74) is 0.979. The number of hydrogen-bond donors (Lipinski definition) is 1. The summed E-state index contributed by atoms with van der Waals surface area (Å²) in [6.07, 6.45) is 1.11. The Hall–Kier alpha value is -4.06. The van der Waals surface area contributed by atoms with Crippen molar-refractivity contribution in [3.05, 3.63) is 47.8 Å². The molecule has 2 saturated heterocycles. The molecule has 3 amide bonds. The molecule has 0 saturated carbocycles. The molecule has 3 heterocycles. The van der Waals surface area contributed by atoms with Crippen LogP contribution in [0.25, 0.3) is 11.4 Å². The average Bonchev–Trinajstić information content (AvgIpc) is 3.02. The summed E-state index contributed by atoms with van der Waals surface area (Å²) < 4.78 is 16.1. The van der Waals surface area contributed by atoms with Gasteiger partial charge in [-0.05, 0) is 53.0 Å². The molecule has 1 aromatic carbocycles. The van der Waals surface area contributed by atoms with Gasteiger partial charge in [0.2, 0.25) is 5.91 Å². The molecule has 0 aliphatic carbocycles. The molecule has 238 valence electrons. The topological polar surface area (TPSA) is 140 Å². The summed E-state index contributed by atoms with van der Waals surface area (Å²) in [5, 5.41) is 2.85. The van der Waals surface area contributed by atoms with Crippen molar-refractivity contribution < 1.29 is 33.4 Å². The molecule has 2 aliphatic rings. The van der Waals surface area contributed by atoms with Crippen LogP contribution in [0.4, 0.5) is 4.79 Å². The molecule has 4 rings (SSSR count). The lowest BCUT2D eigenvalue weighted by Gasteiger charge is -2.36. The lowest BCUT2D eigenvalue weighted by Crippen LogP contribution is -2.56. The summed E-state index contributed by atoms with van der Waals surface area (Å²) >= 11 is 0. The zero-order chi connectivity index (χ0) is 31.7. The second kappa shape index (κ2) is 15.1. The summed E-state index contributed by atoms with van der Waals surface area (Å²) in [7, 11) is 0. The van der Waals surface area contributed by atoms with Gasteiger partial charge in [0.15, 0.2) is 5.82 Å². The minimum Gasteiger partial charge on any atom is -0.460 e. The fourth-order valence-electron chi connectivity index (χ4n) is 5.19. The lowest BCUT2D eigenvalue weighted by atomic mass is 9.95. The molecule has 12 heteroatoms. The van der Waals surface area contributed by atoms with E-state index < -0.39 is 29.6 Å². The number of carbonyl (C=O) groups excluding carboxylic acids is 4. The molecule has 2 aliphatic heterocycles. The number of esters is 1. The van der Waals surface area contributed by atoms with E-state index in [9.17, 15) is 19.2 Å². The van der Waals surface area contributed by atoms with Crippen LogP contribution in [0, 0.1) is 0 Å². The first kappa shape index (κ1) is 32.8. The van der Waals surface area contributed by atoms with Crippen molar-refractivity contribution in [1.29, 1.82) is 0 Å². The molecule has 0 bridgehead atoms. The lowest BCUT2D eigenvalue weighted by molar-refractivity contribution is -0.155. The Morgan fingerprint density at radius 1 is 1.00 bits per heavy atom. The standard InChI is InChI=1S/C32H43N5O7/c1-5-43-31(41)37-17-15-36(16-18-37)30(40)24(11-12-27(38)44-32(2,3)4)35-29(39)26-21-25(22-13-19-42-20-14-22)33-28(34-26)23-9-7-6-8-10-23/h6-10,21-22,24H,5,11-20H2,1-4H3,(H,35,39)/t24-/m0/s1. The second-order valence-corrected chi connectivity index (χ2v) is 11.9. The van der Waals surface area contributed by atoms with E-state index in [0.29, 0.717) is 32.1 Å². The first-order valence-electron chi connectivity index (χ1n) is 15.3. The Morgan fingerprint density at radius 3 is 2.30 bits per heavy atom. The molecular weight excluding hydrogens is 566 g/mol. The molecule has 12 nitrogen and oxygen atoms in total. The first-order chi connectivity index (χ1) is 21.0. The highest BCUT2D eigenvalue weighted by atomic mass is 16.6. The van der Waals surface area contributed by atoms with Gasteiger partial charge in [-0.1, -0.05) is 30.3 Å². The van der Waals surface area contributed by atoms with E-state index in [1.807, 2.05) is 30.3 Å². The molecule has 2 fully saturated rings. The average molecular weight is 610 g/mol. The fraction of sp³-hybridized carbons (Fsp3) is 0.562. The number of nitrogens with one attached hydrogen (secondary N) is 1. The molecule has 1 atom stereocenters. The normalized spacial score (nSPS) is 16.6. The van der Waals surface area contributed by atoms with Crippen molar-refractivity contribution in [2.75, 3.05) is 46.0 Å². The number of aromatic nitrogens is 2. The molecule has 44 heavy (non-hydrogen) atoms. The number of rotatable bonds is 9. The maximum Gasteiger partial charge on any atom is 0.409 e. The van der Waals surface area contributed by atoms with E-state index in [-0.39, 0.29) is 50.1 Å². The van der Waals surface area contributed by atoms with Crippen molar-refractivity contribution in [2.24, 2.45) is 0 Å². The number of nitrogens with zero attached hydrogens (tertiary/aromatic N) is 4. The van der Waals surface area contributed by atoms with Crippen molar-refractivity contribution in [3.63, 3.8) is 0 Å². The smallest absolute Gasteiger partial charge is 0.409 e. The molecule has 1 N–H and O–H groups in total. The Kier molecular flexibility index (Phi) is 11.3. The number of piperazine rings is 1. The van der Waals surface area contributed by atoms with Crippen LogP contribution in [0.3, 0.4) is 0 Å². The van der Waals surface area contributed by atoms with Gasteiger partial charge >= 0.3 is 12.1 Å². The number of carbonyl (C=O) groups is 4. The third-order valence-electron chi connectivity index (χ3n) is 7.43. The van der Waals surface area contributed by atoms with Gasteiger partial charge in [0.25, 0.3) is 5.91 Å². The number of benzene rings is 1. The monoisotopic (exact) mass is 609 g/mol. The third kappa shape index (κ3) is 9.22. The summed E-state index contributed by atoms with van der Waals surface area (Å²) in [4.78, 5) is 64.8. The van der Waals surface area contributed by atoms with Gasteiger partial charge in [0, 0.05) is 63.0 Å². The van der Waals surface area contributed by atoms with E-state index >= 15 is 0 Å². The van der Waals surface area contributed by atoms with Crippen LogP contribution in [0.15, 0.2) is 36.4 Å². The van der Waals surface area contributed by atoms with Crippen molar-refractivity contribution >= 4 is 23.9 Å². The van der Waals surface area contributed by atoms with E-state index in [4.69, 9.17) is 19.2 Å². The molecule has 0 unspecified atom stereocenters. The van der Waals surface area contributed by atoms with Crippen molar-refractivity contribution in [1.82, 2.24) is 25.1 Å². The van der Waals surface area contributed by atoms with Crippen LogP contribution in [0.2, 0.25) is 0 Å².